The van der Waals surface area contributed by atoms with Crippen LogP contribution in [-0.4, -0.2) is 17.0 Å². The first-order valence-corrected chi connectivity index (χ1v) is 5.07. The summed E-state index contributed by atoms with van der Waals surface area (Å²) in [5.41, 5.74) is 6.56. The van der Waals surface area contributed by atoms with Crippen molar-refractivity contribution in [2.75, 3.05) is 5.73 Å². The quantitative estimate of drug-likeness (QED) is 0.727. The molecule has 1 rings (SSSR count). The third-order valence-corrected chi connectivity index (χ3v) is 1.76. The molecule has 17 heavy (non-hydrogen) atoms. The molecule has 0 aliphatic rings. The molecule has 94 valence electrons. The smallest absolute Gasteiger partial charge is 0.303 e. The molecule has 1 aromatic heterocycles. The molecule has 0 saturated heterocycles. The average molecular weight is 240 g/mol. The lowest BCUT2D eigenvalue weighted by Crippen LogP contribution is -2.21. The standard InChI is InChI=1S/C6H8N2.C5H8O4/c1-5-2-3-6(7)8-4-5;6-4(7)2-1-3-5(8)9/h2-4H,1H3,(H2,7,8);1-3H2,(H,6,7)(H,8,9). The minimum Gasteiger partial charge on any atom is -0.550 e. The molecule has 0 spiro atoms. The van der Waals surface area contributed by atoms with Gasteiger partial charge in [0.15, 0.2) is 0 Å². The first-order chi connectivity index (χ1) is 7.91. The van der Waals surface area contributed by atoms with Crippen molar-refractivity contribution in [3.8, 4) is 0 Å². The van der Waals surface area contributed by atoms with Gasteiger partial charge in [-0.25, -0.2) is 4.98 Å². The molecule has 4 N–H and O–H groups in total. The summed E-state index contributed by atoms with van der Waals surface area (Å²) in [7, 11) is 0. The van der Waals surface area contributed by atoms with Gasteiger partial charge in [-0.15, -0.1) is 0 Å². The summed E-state index contributed by atoms with van der Waals surface area (Å²) in [6, 6.07) is 3.81. The average Bonchev–Trinajstić information content (AvgIpc) is 2.22. The van der Waals surface area contributed by atoms with E-state index in [1.54, 1.807) is 0 Å². The second-order valence-electron chi connectivity index (χ2n) is 3.44. The molecule has 0 radical (unpaired) electrons. The lowest BCUT2D eigenvalue weighted by molar-refractivity contribution is -0.360. The predicted octanol–water partition coefficient (Wildman–Crippen LogP) is -0.617. The van der Waals surface area contributed by atoms with Crippen LogP contribution >= 0.6 is 0 Å². The van der Waals surface area contributed by atoms with Gasteiger partial charge in [-0.2, -0.15) is 0 Å². The van der Waals surface area contributed by atoms with E-state index < -0.39 is 11.9 Å². The zero-order valence-electron chi connectivity index (χ0n) is 9.60. The van der Waals surface area contributed by atoms with E-state index in [9.17, 15) is 14.7 Å². The normalized spacial score (nSPS) is 9.00. The number of nitrogens with one attached hydrogen (secondary N) is 1. The number of hydrogen-bond donors (Lipinski definition) is 2. The summed E-state index contributed by atoms with van der Waals surface area (Å²) in [5.74, 6) is -1.47. The van der Waals surface area contributed by atoms with Crippen LogP contribution in [0.5, 0.6) is 0 Å². The molecule has 0 bridgehead atoms. The second kappa shape index (κ2) is 8.09. The molecule has 1 aromatic rings. The topological polar surface area (TPSA) is 118 Å². The molecule has 0 atom stereocenters. The first-order valence-electron chi connectivity index (χ1n) is 5.07. The number of aliphatic carboxylic acids is 2. The number of aromatic amines is 1. The molecular formula is C11H16N2O4. The fraction of sp³-hybridized carbons (Fsp3) is 0.364. The van der Waals surface area contributed by atoms with E-state index in [-0.39, 0.29) is 19.3 Å². The first kappa shape index (κ1) is 14.9. The van der Waals surface area contributed by atoms with Gasteiger partial charge in [-0.1, -0.05) is 0 Å². The number of carboxylic acids is 2. The summed E-state index contributed by atoms with van der Waals surface area (Å²) in [4.78, 5) is 22.3. The summed E-state index contributed by atoms with van der Waals surface area (Å²) in [6.45, 7) is 2.01. The summed E-state index contributed by atoms with van der Waals surface area (Å²) in [6.07, 6.45) is 1.74. The molecule has 0 amide bonds. The minimum atomic E-state index is -1.20. The number of H-pyrrole nitrogens is 1. The molecule has 0 aliphatic carbocycles. The number of nitrogens with two attached hydrogens (primary N) is 1. The highest BCUT2D eigenvalue weighted by Crippen LogP contribution is 1.92. The van der Waals surface area contributed by atoms with Crippen LogP contribution in [0.3, 0.4) is 0 Å². The number of carbonyl (C=O) groups is 2. The largest absolute Gasteiger partial charge is 0.550 e. The monoisotopic (exact) mass is 240 g/mol. The van der Waals surface area contributed by atoms with Gasteiger partial charge in [0.1, 0.15) is 0 Å². The molecule has 1 heterocycles. The van der Waals surface area contributed by atoms with Crippen LogP contribution in [0, 0.1) is 6.92 Å². The van der Waals surface area contributed by atoms with Gasteiger partial charge in [0.05, 0.1) is 6.20 Å². The van der Waals surface area contributed by atoms with Gasteiger partial charge in [-0.05, 0) is 31.4 Å². The van der Waals surface area contributed by atoms with Crippen LogP contribution in [0.2, 0.25) is 0 Å². The van der Waals surface area contributed by atoms with Crippen molar-refractivity contribution in [1.82, 2.24) is 0 Å². The fourth-order valence-electron chi connectivity index (χ4n) is 0.899. The summed E-state index contributed by atoms with van der Waals surface area (Å²) in [5, 5.41) is 17.7. The Kier molecular flexibility index (Phi) is 7.09. The van der Waals surface area contributed by atoms with E-state index in [1.165, 1.54) is 5.56 Å². The lowest BCUT2D eigenvalue weighted by Gasteiger charge is -1.96. The van der Waals surface area contributed by atoms with Gasteiger partial charge < -0.3 is 15.0 Å². The number of aromatic nitrogens is 1. The van der Waals surface area contributed by atoms with Gasteiger partial charge in [0.25, 0.3) is 5.82 Å². The highest BCUT2D eigenvalue weighted by molar-refractivity contribution is 5.68. The van der Waals surface area contributed by atoms with E-state index in [1.807, 2.05) is 25.3 Å². The van der Waals surface area contributed by atoms with Crippen molar-refractivity contribution >= 4 is 17.8 Å². The van der Waals surface area contributed by atoms with Crippen molar-refractivity contribution in [2.45, 2.75) is 26.2 Å². The Bertz CT molecular complexity index is 327. The fourth-order valence-corrected chi connectivity index (χ4v) is 0.899. The predicted molar refractivity (Wildman–Crippen MR) is 58.6 cm³/mol. The molecule has 0 fully saturated rings. The third kappa shape index (κ3) is 10.2. The van der Waals surface area contributed by atoms with Crippen LogP contribution in [-0.2, 0) is 9.59 Å². The van der Waals surface area contributed by atoms with Crippen molar-refractivity contribution in [3.05, 3.63) is 23.9 Å². The highest BCUT2D eigenvalue weighted by atomic mass is 16.4. The Balaban J connectivity index is 0.000000302. The number of hydrogen-bond acceptors (Lipinski definition) is 4. The van der Waals surface area contributed by atoms with Gasteiger partial charge in [0.2, 0.25) is 0 Å². The minimum absolute atomic E-state index is 0.103. The summed E-state index contributed by atoms with van der Waals surface area (Å²) >= 11 is 0. The zero-order valence-corrected chi connectivity index (χ0v) is 9.60. The maximum atomic E-state index is 9.77. The maximum absolute atomic E-state index is 9.77. The molecule has 0 unspecified atom stereocenters. The molecule has 0 aromatic carbocycles. The number of anilines is 1. The molecule has 6 heteroatoms. The summed E-state index contributed by atoms with van der Waals surface area (Å²) < 4.78 is 0. The SMILES string of the molecule is Cc1ccc(N)[nH+]c1.O=C([O-])CCCC(=O)O. The number of carbonyl (C=O) groups excluding carboxylic acids is 1. The number of aryl methyl sites for hydroxylation is 1. The molecule has 6 nitrogen and oxygen atoms in total. The number of nitrogen functional groups attached to an aromatic ring is 1. The molecular weight excluding hydrogens is 224 g/mol. The second-order valence-corrected chi connectivity index (χ2v) is 3.44. The van der Waals surface area contributed by atoms with Gasteiger partial charge in [0, 0.05) is 18.5 Å². The van der Waals surface area contributed by atoms with E-state index in [4.69, 9.17) is 10.8 Å². The highest BCUT2D eigenvalue weighted by Gasteiger charge is 1.94. The van der Waals surface area contributed by atoms with Crippen LogP contribution < -0.4 is 15.8 Å². The van der Waals surface area contributed by atoms with Crippen molar-refractivity contribution in [3.63, 3.8) is 0 Å². The maximum Gasteiger partial charge on any atom is 0.303 e. The van der Waals surface area contributed by atoms with E-state index >= 15 is 0 Å². The van der Waals surface area contributed by atoms with Gasteiger partial charge in [-0.3, -0.25) is 10.5 Å². The van der Waals surface area contributed by atoms with Crippen molar-refractivity contribution in [2.24, 2.45) is 0 Å². The Morgan fingerprint density at radius 2 is 2.06 bits per heavy atom. The molecule has 0 saturated carbocycles. The Labute approximate surface area is 99.1 Å². The number of carboxylic acid groups (broad SMARTS) is 2. The van der Waals surface area contributed by atoms with Gasteiger partial charge >= 0.3 is 5.97 Å². The van der Waals surface area contributed by atoms with Crippen molar-refractivity contribution < 1.29 is 24.8 Å². The van der Waals surface area contributed by atoms with Crippen LogP contribution in [0.1, 0.15) is 24.8 Å². The lowest BCUT2D eigenvalue weighted by atomic mass is 10.2. The van der Waals surface area contributed by atoms with E-state index in [0.29, 0.717) is 5.82 Å². The third-order valence-electron chi connectivity index (χ3n) is 1.76. The van der Waals surface area contributed by atoms with Crippen molar-refractivity contribution in [1.29, 1.82) is 0 Å². The number of rotatable bonds is 4. The van der Waals surface area contributed by atoms with Crippen LogP contribution in [0.4, 0.5) is 5.82 Å². The Morgan fingerprint density at radius 3 is 2.41 bits per heavy atom. The van der Waals surface area contributed by atoms with Crippen LogP contribution in [0.15, 0.2) is 18.3 Å². The number of pyridine rings is 1. The Morgan fingerprint density at radius 1 is 1.41 bits per heavy atom. The van der Waals surface area contributed by atoms with E-state index in [2.05, 4.69) is 4.98 Å². The molecule has 0 aliphatic heterocycles. The van der Waals surface area contributed by atoms with Crippen LogP contribution in [0.25, 0.3) is 0 Å². The van der Waals surface area contributed by atoms with E-state index in [0.717, 1.165) is 0 Å². The zero-order chi connectivity index (χ0) is 13.3. The Hall–Kier alpha value is -2.11.